The first kappa shape index (κ1) is 23.6. The van der Waals surface area contributed by atoms with Crippen molar-refractivity contribution in [2.75, 3.05) is 19.8 Å². The molecule has 3 atom stereocenters. The normalized spacial score (nSPS) is 25.6. The molecular formula is C20H34ClN3O3S. The molecule has 8 heteroatoms. The van der Waals surface area contributed by atoms with Crippen LogP contribution < -0.4 is 15.4 Å². The van der Waals surface area contributed by atoms with Crippen molar-refractivity contribution in [2.45, 2.75) is 63.5 Å². The summed E-state index contributed by atoms with van der Waals surface area (Å²) >= 11 is 0. The maximum Gasteiger partial charge on any atom is 0.216 e. The van der Waals surface area contributed by atoms with Crippen LogP contribution in [0.2, 0.25) is 0 Å². The highest BCUT2D eigenvalue weighted by Crippen LogP contribution is 2.30. The summed E-state index contributed by atoms with van der Waals surface area (Å²) in [6.07, 6.45) is 3.61. The molecule has 0 spiro atoms. The van der Waals surface area contributed by atoms with Crippen LogP contribution in [0.1, 0.15) is 44.2 Å². The fraction of sp³-hybridized carbons (Fsp3) is 0.700. The lowest BCUT2D eigenvalue weighted by Crippen LogP contribution is -2.50. The van der Waals surface area contributed by atoms with Gasteiger partial charge < -0.3 is 15.4 Å². The first-order chi connectivity index (χ1) is 12.9. The van der Waals surface area contributed by atoms with Gasteiger partial charge in [0.1, 0.15) is 0 Å². The van der Waals surface area contributed by atoms with Crippen molar-refractivity contribution < 1.29 is 13.2 Å². The van der Waals surface area contributed by atoms with Crippen molar-refractivity contribution in [3.05, 3.63) is 35.4 Å². The van der Waals surface area contributed by atoms with Crippen LogP contribution in [0.15, 0.2) is 24.3 Å². The number of hydrogen-bond donors (Lipinski definition) is 3. The van der Waals surface area contributed by atoms with E-state index in [0.29, 0.717) is 24.5 Å². The fourth-order valence-corrected chi connectivity index (χ4v) is 5.79. The smallest absolute Gasteiger partial charge is 0.216 e. The number of rotatable bonds is 8. The van der Waals surface area contributed by atoms with Crippen LogP contribution >= 0.6 is 12.4 Å². The van der Waals surface area contributed by atoms with Gasteiger partial charge in [0, 0.05) is 31.2 Å². The lowest BCUT2D eigenvalue weighted by Gasteiger charge is -2.33. The van der Waals surface area contributed by atoms with Crippen LogP contribution in [0.3, 0.4) is 0 Å². The van der Waals surface area contributed by atoms with Gasteiger partial charge in [-0.3, -0.25) is 0 Å². The fourth-order valence-electron chi connectivity index (χ4n) is 4.30. The maximum atomic E-state index is 12.3. The van der Waals surface area contributed by atoms with E-state index in [2.05, 4.69) is 15.4 Å². The van der Waals surface area contributed by atoms with E-state index in [4.69, 9.17) is 4.74 Å². The number of benzene rings is 1. The van der Waals surface area contributed by atoms with E-state index in [-0.39, 0.29) is 24.2 Å². The molecule has 3 rings (SSSR count). The molecule has 28 heavy (non-hydrogen) atoms. The minimum Gasteiger partial charge on any atom is -0.379 e. The number of nitrogens with one attached hydrogen (secondary N) is 3. The Kier molecular flexibility index (Phi) is 9.18. The minimum absolute atomic E-state index is 0. The van der Waals surface area contributed by atoms with Crippen molar-refractivity contribution in [3.63, 3.8) is 0 Å². The number of sulfonamides is 1. The lowest BCUT2D eigenvalue weighted by molar-refractivity contribution is 0.0524. The summed E-state index contributed by atoms with van der Waals surface area (Å²) < 4.78 is 33.0. The predicted octanol–water partition coefficient (Wildman–Crippen LogP) is 2.18. The molecule has 1 saturated heterocycles. The van der Waals surface area contributed by atoms with Crippen LogP contribution in [0.5, 0.6) is 0 Å². The maximum absolute atomic E-state index is 12.3. The van der Waals surface area contributed by atoms with Gasteiger partial charge in [0.25, 0.3) is 0 Å². The molecule has 2 aliphatic rings. The van der Waals surface area contributed by atoms with E-state index >= 15 is 0 Å². The second-order valence-electron chi connectivity index (χ2n) is 8.02. The average Bonchev–Trinajstić information content (AvgIpc) is 3.09. The third-order valence-corrected chi connectivity index (χ3v) is 6.99. The van der Waals surface area contributed by atoms with Gasteiger partial charge in [0.15, 0.2) is 0 Å². The molecule has 2 fully saturated rings. The summed E-state index contributed by atoms with van der Waals surface area (Å²) in [6.45, 7) is 6.90. The van der Waals surface area contributed by atoms with E-state index in [0.717, 1.165) is 37.3 Å². The van der Waals surface area contributed by atoms with Crippen LogP contribution in [-0.2, 0) is 27.1 Å². The molecule has 1 aromatic rings. The molecule has 1 saturated carbocycles. The zero-order valence-corrected chi connectivity index (χ0v) is 18.4. The Bertz CT molecular complexity index is 708. The highest BCUT2D eigenvalue weighted by atomic mass is 35.5. The van der Waals surface area contributed by atoms with Gasteiger partial charge >= 0.3 is 0 Å². The Morgan fingerprint density at radius 1 is 1.21 bits per heavy atom. The number of hydrogen-bond acceptors (Lipinski definition) is 5. The number of halogens is 1. The molecular weight excluding hydrogens is 398 g/mol. The molecule has 160 valence electrons. The molecule has 1 aliphatic heterocycles. The monoisotopic (exact) mass is 431 g/mol. The van der Waals surface area contributed by atoms with E-state index in [9.17, 15) is 8.42 Å². The van der Waals surface area contributed by atoms with E-state index in [1.807, 2.05) is 38.1 Å². The Morgan fingerprint density at radius 3 is 2.64 bits per heavy atom. The average molecular weight is 432 g/mol. The Labute approximate surface area is 175 Å². The standard InChI is InChI=1S/C20H33N3O3S.ClH/c1-15(2)23-27(24,25)14-17-7-4-3-6-16(17)12-22-19-9-5-8-18(19)20-13-26-11-10-21-20;/h3-4,6-7,15,18-23H,5,8-14H2,1-2H3;1H. The summed E-state index contributed by atoms with van der Waals surface area (Å²) in [7, 11) is -3.33. The van der Waals surface area contributed by atoms with Gasteiger partial charge in [-0.2, -0.15) is 0 Å². The summed E-state index contributed by atoms with van der Waals surface area (Å²) in [4.78, 5) is 0. The van der Waals surface area contributed by atoms with Crippen molar-refractivity contribution in [3.8, 4) is 0 Å². The van der Waals surface area contributed by atoms with Gasteiger partial charge in [-0.05, 0) is 43.7 Å². The topological polar surface area (TPSA) is 79.5 Å². The first-order valence-electron chi connectivity index (χ1n) is 10.1. The molecule has 1 aliphatic carbocycles. The van der Waals surface area contributed by atoms with Crippen molar-refractivity contribution in [1.29, 1.82) is 0 Å². The summed E-state index contributed by atoms with van der Waals surface area (Å²) in [5.74, 6) is 0.596. The quantitative estimate of drug-likeness (QED) is 0.588. The largest absolute Gasteiger partial charge is 0.379 e. The SMILES string of the molecule is CC(C)NS(=O)(=O)Cc1ccccc1CNC1CCCC1C1COCCN1.Cl. The first-order valence-corrected chi connectivity index (χ1v) is 11.7. The van der Waals surface area contributed by atoms with Crippen molar-refractivity contribution in [1.82, 2.24) is 15.4 Å². The van der Waals surface area contributed by atoms with Gasteiger partial charge in [0.2, 0.25) is 10.0 Å². The van der Waals surface area contributed by atoms with Gasteiger partial charge in [-0.1, -0.05) is 30.7 Å². The number of ether oxygens (including phenoxy) is 1. The zero-order valence-electron chi connectivity index (χ0n) is 16.8. The third kappa shape index (κ3) is 6.68. The molecule has 0 radical (unpaired) electrons. The molecule has 1 aromatic carbocycles. The van der Waals surface area contributed by atoms with Gasteiger partial charge in [0.05, 0.1) is 19.0 Å². The third-order valence-electron chi connectivity index (χ3n) is 5.47. The molecule has 3 N–H and O–H groups in total. The van der Waals surface area contributed by atoms with Crippen molar-refractivity contribution in [2.24, 2.45) is 5.92 Å². The molecule has 3 unspecified atom stereocenters. The zero-order chi connectivity index (χ0) is 19.3. The summed E-state index contributed by atoms with van der Waals surface area (Å²) in [6, 6.07) is 8.60. The van der Waals surface area contributed by atoms with E-state index in [1.54, 1.807) is 0 Å². The Balaban J connectivity index is 0.00000280. The Hall–Kier alpha value is -0.700. The lowest BCUT2D eigenvalue weighted by atomic mass is 9.93. The van der Waals surface area contributed by atoms with Crippen LogP contribution in [-0.4, -0.2) is 46.3 Å². The second-order valence-corrected chi connectivity index (χ2v) is 9.77. The van der Waals surface area contributed by atoms with E-state index in [1.165, 1.54) is 12.8 Å². The molecule has 1 heterocycles. The number of morpholine rings is 1. The van der Waals surface area contributed by atoms with Crippen LogP contribution in [0.25, 0.3) is 0 Å². The van der Waals surface area contributed by atoms with Gasteiger partial charge in [-0.25, -0.2) is 13.1 Å². The molecule has 6 nitrogen and oxygen atoms in total. The van der Waals surface area contributed by atoms with E-state index < -0.39 is 10.0 Å². The predicted molar refractivity (Wildman–Crippen MR) is 115 cm³/mol. The van der Waals surface area contributed by atoms with Crippen molar-refractivity contribution >= 4 is 22.4 Å². The summed E-state index contributed by atoms with van der Waals surface area (Å²) in [5.41, 5.74) is 1.93. The van der Waals surface area contributed by atoms with Crippen LogP contribution in [0.4, 0.5) is 0 Å². The molecule has 0 bridgehead atoms. The second kappa shape index (κ2) is 10.9. The molecule has 0 aromatic heterocycles. The minimum atomic E-state index is -3.33. The Morgan fingerprint density at radius 2 is 1.96 bits per heavy atom. The van der Waals surface area contributed by atoms with Crippen LogP contribution in [0, 0.1) is 5.92 Å². The highest BCUT2D eigenvalue weighted by Gasteiger charge is 2.34. The highest BCUT2D eigenvalue weighted by molar-refractivity contribution is 7.88. The van der Waals surface area contributed by atoms with Gasteiger partial charge in [-0.15, -0.1) is 12.4 Å². The summed E-state index contributed by atoms with van der Waals surface area (Å²) in [5, 5.41) is 7.30. The molecule has 0 amide bonds.